The Balaban J connectivity index is 0.000000260. The van der Waals surface area contributed by atoms with Crippen molar-refractivity contribution in [1.29, 1.82) is 0 Å². The van der Waals surface area contributed by atoms with E-state index in [0.717, 1.165) is 24.3 Å². The molecular weight excluding hydrogens is 306 g/mol. The van der Waals surface area contributed by atoms with Crippen LogP contribution in [-0.2, 0) is 6.42 Å². The van der Waals surface area contributed by atoms with Crippen molar-refractivity contribution in [2.45, 2.75) is 84.5 Å². The predicted molar refractivity (Wildman–Crippen MR) is 113 cm³/mol. The van der Waals surface area contributed by atoms with E-state index >= 15 is 0 Å². The van der Waals surface area contributed by atoms with Gasteiger partial charge >= 0.3 is 0 Å². The molecule has 0 spiro atoms. The van der Waals surface area contributed by atoms with Gasteiger partial charge in [0, 0.05) is 16.5 Å². The average molecular weight is 346 g/mol. The van der Waals surface area contributed by atoms with Gasteiger partial charge in [0.15, 0.2) is 0 Å². The van der Waals surface area contributed by atoms with Crippen molar-refractivity contribution >= 4 is 16.7 Å². The molecular formula is C22H39N3. The molecule has 0 atom stereocenters. The molecule has 1 heterocycles. The van der Waals surface area contributed by atoms with Gasteiger partial charge in [0.2, 0.25) is 0 Å². The van der Waals surface area contributed by atoms with Crippen LogP contribution in [0.15, 0.2) is 24.3 Å². The second kappa shape index (κ2) is 13.8. The summed E-state index contributed by atoms with van der Waals surface area (Å²) in [5.41, 5.74) is 13.8. The number of aromatic nitrogens is 1. The smallest absolute Gasteiger partial charge is 0.104 e. The lowest BCUT2D eigenvalue weighted by Crippen LogP contribution is -1.97. The summed E-state index contributed by atoms with van der Waals surface area (Å²) in [5, 5.41) is 1.28. The number of benzene rings is 1. The molecule has 1 aromatic carbocycles. The Morgan fingerprint density at radius 1 is 0.800 bits per heavy atom. The Bertz CT molecular complexity index is 551. The van der Waals surface area contributed by atoms with E-state index in [2.05, 4.69) is 37.0 Å². The van der Waals surface area contributed by atoms with Gasteiger partial charge in [-0.05, 0) is 31.9 Å². The Hall–Kier alpha value is -1.48. The lowest BCUT2D eigenvalue weighted by Gasteiger charge is -1.99. The fourth-order valence-electron chi connectivity index (χ4n) is 3.12. The molecule has 0 unspecified atom stereocenters. The lowest BCUT2D eigenvalue weighted by molar-refractivity contribution is 0.578. The van der Waals surface area contributed by atoms with Gasteiger partial charge in [0.05, 0.1) is 0 Å². The van der Waals surface area contributed by atoms with Crippen molar-refractivity contribution in [3.05, 3.63) is 29.8 Å². The molecule has 0 saturated heterocycles. The van der Waals surface area contributed by atoms with Gasteiger partial charge in [-0.3, -0.25) is 0 Å². The highest BCUT2D eigenvalue weighted by molar-refractivity contribution is 5.88. The molecule has 142 valence electrons. The summed E-state index contributed by atoms with van der Waals surface area (Å²) in [6.07, 6.45) is 14.5. The summed E-state index contributed by atoms with van der Waals surface area (Å²) < 4.78 is 0. The van der Waals surface area contributed by atoms with E-state index in [1.165, 1.54) is 75.2 Å². The molecule has 0 radical (unpaired) electrons. The molecule has 3 nitrogen and oxygen atoms in total. The third-order valence-corrected chi connectivity index (χ3v) is 4.68. The van der Waals surface area contributed by atoms with Crippen molar-refractivity contribution in [3.8, 4) is 0 Å². The van der Waals surface area contributed by atoms with E-state index < -0.39 is 0 Å². The monoisotopic (exact) mass is 345 g/mol. The third-order valence-electron chi connectivity index (χ3n) is 4.68. The van der Waals surface area contributed by atoms with Crippen LogP contribution in [0.4, 0.5) is 5.82 Å². The molecule has 0 aliphatic heterocycles. The average Bonchev–Trinajstić information content (AvgIpc) is 2.95. The summed E-state index contributed by atoms with van der Waals surface area (Å²) in [6.45, 7) is 5.33. The molecule has 0 fully saturated rings. The van der Waals surface area contributed by atoms with Crippen LogP contribution >= 0.6 is 0 Å². The van der Waals surface area contributed by atoms with Crippen LogP contribution in [0, 0.1) is 0 Å². The van der Waals surface area contributed by atoms with Crippen molar-refractivity contribution in [3.63, 3.8) is 0 Å². The number of anilines is 1. The molecule has 2 aromatic rings. The number of nitrogen functional groups attached to an aromatic ring is 1. The molecule has 0 saturated carbocycles. The van der Waals surface area contributed by atoms with E-state index in [4.69, 9.17) is 11.5 Å². The molecule has 0 aliphatic carbocycles. The van der Waals surface area contributed by atoms with Crippen molar-refractivity contribution in [2.24, 2.45) is 5.73 Å². The molecule has 1 aromatic heterocycles. The van der Waals surface area contributed by atoms with Crippen LogP contribution in [0.3, 0.4) is 0 Å². The topological polar surface area (TPSA) is 67.8 Å². The van der Waals surface area contributed by atoms with Crippen LogP contribution in [0.2, 0.25) is 0 Å². The number of fused-ring (bicyclic) bond motifs is 1. The zero-order chi connectivity index (χ0) is 18.3. The largest absolute Gasteiger partial charge is 0.385 e. The molecule has 3 heteroatoms. The number of aromatic amines is 1. The summed E-state index contributed by atoms with van der Waals surface area (Å²) in [6, 6.07) is 8.29. The van der Waals surface area contributed by atoms with Gasteiger partial charge in [0.25, 0.3) is 0 Å². The number of nitrogens with one attached hydrogen (secondary N) is 1. The van der Waals surface area contributed by atoms with E-state index in [0.29, 0.717) is 0 Å². The number of nitrogens with two attached hydrogens (primary N) is 2. The lowest BCUT2D eigenvalue weighted by atomic mass is 10.1. The summed E-state index contributed by atoms with van der Waals surface area (Å²) in [4.78, 5) is 3.21. The number of aryl methyl sites for hydroxylation is 1. The summed E-state index contributed by atoms with van der Waals surface area (Å²) in [5.74, 6) is 0.833. The van der Waals surface area contributed by atoms with Gasteiger partial charge in [-0.25, -0.2) is 0 Å². The van der Waals surface area contributed by atoms with Crippen molar-refractivity contribution in [2.75, 3.05) is 12.3 Å². The minimum atomic E-state index is 0.833. The molecule has 0 amide bonds. The SMILES string of the molecule is CCCCCCCCCCN.CCCCc1c(N)[nH]c2ccccc12. The van der Waals surface area contributed by atoms with Gasteiger partial charge in [-0.2, -0.15) is 0 Å². The van der Waals surface area contributed by atoms with Crippen LogP contribution in [0.5, 0.6) is 0 Å². The molecule has 0 aliphatic rings. The maximum atomic E-state index is 5.94. The van der Waals surface area contributed by atoms with Gasteiger partial charge < -0.3 is 16.5 Å². The van der Waals surface area contributed by atoms with Crippen molar-refractivity contribution in [1.82, 2.24) is 4.98 Å². The standard InChI is InChI=1S/C12H16N2.C10H23N/c1-2-3-6-10-9-7-4-5-8-11(9)14-12(10)13;1-2-3-4-5-6-7-8-9-10-11/h4-5,7-8,14H,2-3,6,13H2,1H3;2-11H2,1H3. The van der Waals surface area contributed by atoms with Crippen LogP contribution in [-0.4, -0.2) is 11.5 Å². The second-order valence-electron chi connectivity index (χ2n) is 6.93. The van der Waals surface area contributed by atoms with Crippen LogP contribution < -0.4 is 11.5 Å². The maximum absolute atomic E-state index is 5.94. The zero-order valence-electron chi connectivity index (χ0n) is 16.4. The Morgan fingerprint density at radius 3 is 2.04 bits per heavy atom. The number of H-pyrrole nitrogens is 1. The highest BCUT2D eigenvalue weighted by atomic mass is 14.8. The Kier molecular flexibility index (Phi) is 11.9. The fraction of sp³-hybridized carbons (Fsp3) is 0.636. The number of hydrogen-bond donors (Lipinski definition) is 3. The first-order valence-corrected chi connectivity index (χ1v) is 10.3. The number of para-hydroxylation sites is 1. The third kappa shape index (κ3) is 8.44. The first-order chi connectivity index (χ1) is 12.2. The van der Waals surface area contributed by atoms with Gasteiger partial charge in [0.1, 0.15) is 5.82 Å². The minimum Gasteiger partial charge on any atom is -0.385 e. The quantitative estimate of drug-likeness (QED) is 0.426. The zero-order valence-corrected chi connectivity index (χ0v) is 16.4. The molecule has 5 N–H and O–H groups in total. The molecule has 2 rings (SSSR count). The number of hydrogen-bond acceptors (Lipinski definition) is 2. The Labute approximate surface area is 154 Å². The number of rotatable bonds is 11. The highest BCUT2D eigenvalue weighted by Crippen LogP contribution is 2.25. The van der Waals surface area contributed by atoms with E-state index in [1.54, 1.807) is 0 Å². The van der Waals surface area contributed by atoms with E-state index in [9.17, 15) is 0 Å². The highest BCUT2D eigenvalue weighted by Gasteiger charge is 2.06. The maximum Gasteiger partial charge on any atom is 0.104 e. The van der Waals surface area contributed by atoms with Gasteiger partial charge in [-0.1, -0.05) is 83.4 Å². The summed E-state index contributed by atoms with van der Waals surface area (Å²) in [7, 11) is 0. The predicted octanol–water partition coefficient (Wildman–Crippen LogP) is 6.18. The van der Waals surface area contributed by atoms with Crippen molar-refractivity contribution < 1.29 is 0 Å². The van der Waals surface area contributed by atoms with Crippen LogP contribution in [0.25, 0.3) is 10.9 Å². The number of unbranched alkanes of at least 4 members (excludes halogenated alkanes) is 8. The first-order valence-electron chi connectivity index (χ1n) is 10.3. The van der Waals surface area contributed by atoms with Crippen LogP contribution in [0.1, 0.15) is 83.6 Å². The second-order valence-corrected chi connectivity index (χ2v) is 6.93. The van der Waals surface area contributed by atoms with E-state index in [-0.39, 0.29) is 0 Å². The normalized spacial score (nSPS) is 10.7. The molecule has 25 heavy (non-hydrogen) atoms. The summed E-state index contributed by atoms with van der Waals surface area (Å²) >= 11 is 0. The fourth-order valence-corrected chi connectivity index (χ4v) is 3.12. The first kappa shape index (κ1) is 21.6. The Morgan fingerprint density at radius 2 is 1.40 bits per heavy atom. The minimum absolute atomic E-state index is 0.833. The van der Waals surface area contributed by atoms with Gasteiger partial charge in [-0.15, -0.1) is 0 Å². The van der Waals surface area contributed by atoms with E-state index in [1.807, 2.05) is 6.07 Å². The molecule has 0 bridgehead atoms.